The molecule has 0 aliphatic carbocycles. The molecular weight excluding hydrogens is 486 g/mol. The van der Waals surface area contributed by atoms with Gasteiger partial charge in [0.2, 0.25) is 0 Å². The first kappa shape index (κ1) is 29.3. The molecule has 0 amide bonds. The van der Waals surface area contributed by atoms with E-state index in [2.05, 4.69) is 36.3 Å². The summed E-state index contributed by atoms with van der Waals surface area (Å²) in [5, 5.41) is 10.2. The number of aliphatic hydroxyl groups is 1. The van der Waals surface area contributed by atoms with Gasteiger partial charge in [0.1, 0.15) is 23.1 Å². The molecule has 7 nitrogen and oxygen atoms in total. The Hall–Kier alpha value is -1.94. The van der Waals surface area contributed by atoms with Gasteiger partial charge in [-0.1, -0.05) is 53.2 Å². The van der Waals surface area contributed by atoms with Crippen LogP contribution >= 0.6 is 11.3 Å². The van der Waals surface area contributed by atoms with Crippen LogP contribution in [0.25, 0.3) is 0 Å². The summed E-state index contributed by atoms with van der Waals surface area (Å²) < 4.78 is 38.4. The minimum atomic E-state index is -3.83. The number of carbonyl (C=O) groups is 1. The molecule has 0 saturated carbocycles. The molecule has 1 unspecified atom stereocenters. The Bertz CT molecular complexity index is 1070. The number of benzene rings is 1. The fourth-order valence-corrected chi connectivity index (χ4v) is 6.69. The molecule has 2 N–H and O–H groups in total. The van der Waals surface area contributed by atoms with Crippen molar-refractivity contribution in [3.8, 4) is 5.75 Å². The Morgan fingerprint density at radius 3 is 2.40 bits per heavy atom. The third-order valence-electron chi connectivity index (χ3n) is 6.47. The molecule has 9 heteroatoms. The maximum atomic E-state index is 12.7. The Labute approximate surface area is 213 Å². The van der Waals surface area contributed by atoms with E-state index in [1.807, 2.05) is 32.0 Å². The van der Waals surface area contributed by atoms with Crippen molar-refractivity contribution >= 4 is 27.3 Å². The van der Waals surface area contributed by atoms with Gasteiger partial charge in [0.25, 0.3) is 10.0 Å². The summed E-state index contributed by atoms with van der Waals surface area (Å²) in [7, 11) is -2.61. The van der Waals surface area contributed by atoms with Crippen molar-refractivity contribution in [2.24, 2.45) is 5.92 Å². The highest BCUT2D eigenvalue weighted by atomic mass is 32.2. The van der Waals surface area contributed by atoms with Crippen molar-refractivity contribution in [1.82, 2.24) is 4.72 Å². The van der Waals surface area contributed by atoms with Gasteiger partial charge in [0.05, 0.1) is 13.2 Å². The van der Waals surface area contributed by atoms with Crippen LogP contribution in [0.4, 0.5) is 0 Å². The Kier molecular flexibility index (Phi) is 10.8. The highest BCUT2D eigenvalue weighted by molar-refractivity contribution is 7.91. The average Bonchev–Trinajstić information content (AvgIpc) is 3.35. The Morgan fingerprint density at radius 1 is 1.14 bits per heavy atom. The van der Waals surface area contributed by atoms with Crippen LogP contribution in [0.3, 0.4) is 0 Å². The van der Waals surface area contributed by atoms with Gasteiger partial charge >= 0.3 is 5.97 Å². The van der Waals surface area contributed by atoms with E-state index in [4.69, 9.17) is 4.74 Å². The fourth-order valence-electron chi connectivity index (χ4n) is 4.02. The Balaban J connectivity index is 2.42. The first-order valence-electron chi connectivity index (χ1n) is 12.2. The number of aliphatic hydroxyl groups excluding tert-OH is 1. The second kappa shape index (κ2) is 12.9. The minimum absolute atomic E-state index is 0.114. The SMILES string of the molecule is CCCc1cc(C(CC)(CC)c2ccc(S(=O)(=O)NCC(=O)OC)s2)ccc1OCC(O)C(C)C. The van der Waals surface area contributed by atoms with Crippen LogP contribution < -0.4 is 9.46 Å². The molecule has 0 radical (unpaired) electrons. The van der Waals surface area contributed by atoms with Crippen LogP contribution in [0.1, 0.15) is 69.9 Å². The number of thiophene rings is 1. The summed E-state index contributed by atoms with van der Waals surface area (Å²) in [5.41, 5.74) is 1.83. The minimum Gasteiger partial charge on any atom is -0.491 e. The molecule has 1 aromatic heterocycles. The molecule has 35 heavy (non-hydrogen) atoms. The van der Waals surface area contributed by atoms with Crippen molar-refractivity contribution in [2.45, 2.75) is 76.0 Å². The number of esters is 1. The number of nitrogens with one attached hydrogen (secondary N) is 1. The molecule has 196 valence electrons. The summed E-state index contributed by atoms with van der Waals surface area (Å²) in [5.74, 6) is 0.245. The van der Waals surface area contributed by atoms with E-state index < -0.39 is 28.6 Å². The topological polar surface area (TPSA) is 102 Å². The second-order valence-corrected chi connectivity index (χ2v) is 12.1. The molecule has 1 atom stereocenters. The summed E-state index contributed by atoms with van der Waals surface area (Å²) >= 11 is 1.22. The zero-order chi connectivity index (χ0) is 26.2. The quantitative estimate of drug-likeness (QED) is 0.348. The molecule has 2 rings (SSSR count). The monoisotopic (exact) mass is 525 g/mol. The molecule has 2 aromatic rings. The maximum absolute atomic E-state index is 12.7. The van der Waals surface area contributed by atoms with Gasteiger partial charge in [0, 0.05) is 10.3 Å². The second-order valence-electron chi connectivity index (χ2n) is 9.00. The van der Waals surface area contributed by atoms with Crippen LogP contribution in [-0.4, -0.2) is 45.9 Å². The first-order chi connectivity index (χ1) is 16.5. The van der Waals surface area contributed by atoms with E-state index in [0.717, 1.165) is 47.4 Å². The van der Waals surface area contributed by atoms with Gasteiger partial charge in [-0.05, 0) is 54.5 Å². The van der Waals surface area contributed by atoms with Gasteiger partial charge in [-0.2, -0.15) is 4.72 Å². The lowest BCUT2D eigenvalue weighted by Crippen LogP contribution is -2.29. The van der Waals surface area contributed by atoms with Crippen molar-refractivity contribution in [3.05, 3.63) is 46.3 Å². The number of methoxy groups -OCH3 is 1. The molecule has 0 spiro atoms. The number of hydrogen-bond acceptors (Lipinski definition) is 7. The van der Waals surface area contributed by atoms with Crippen LogP contribution in [0.2, 0.25) is 0 Å². The predicted octanol–water partition coefficient (Wildman–Crippen LogP) is 4.65. The molecular formula is C26H39NO6S2. The number of rotatable bonds is 14. The van der Waals surface area contributed by atoms with Crippen LogP contribution in [-0.2, 0) is 31.4 Å². The van der Waals surface area contributed by atoms with Crippen molar-refractivity contribution < 1.29 is 27.8 Å². The van der Waals surface area contributed by atoms with E-state index >= 15 is 0 Å². The normalized spacial score (nSPS) is 13.1. The number of hydrogen-bond donors (Lipinski definition) is 2. The van der Waals surface area contributed by atoms with Crippen molar-refractivity contribution in [2.75, 3.05) is 20.3 Å². The standard InChI is InChI=1S/C26H39NO6S2/c1-7-10-19-15-20(11-12-22(19)33-17-21(28)18(4)5)26(8-2,9-3)23-13-14-25(34-23)35(30,31)27-16-24(29)32-6/h11-15,18,21,27-28H,7-10,16-17H2,1-6H3. The number of sulfonamides is 1. The molecule has 0 bridgehead atoms. The first-order valence-corrected chi connectivity index (χ1v) is 14.5. The van der Waals surface area contributed by atoms with Gasteiger partial charge in [-0.15, -0.1) is 11.3 Å². The van der Waals surface area contributed by atoms with Gasteiger partial charge < -0.3 is 14.6 Å². The fraction of sp³-hybridized carbons (Fsp3) is 0.577. The Morgan fingerprint density at radius 2 is 1.83 bits per heavy atom. The molecule has 0 saturated heterocycles. The lowest BCUT2D eigenvalue weighted by atomic mass is 9.74. The van der Waals surface area contributed by atoms with E-state index in [-0.39, 0.29) is 22.1 Å². The highest BCUT2D eigenvalue weighted by Gasteiger charge is 2.34. The number of carbonyl (C=O) groups excluding carboxylic acids is 1. The largest absolute Gasteiger partial charge is 0.491 e. The summed E-state index contributed by atoms with van der Waals surface area (Å²) in [6, 6.07) is 9.64. The molecule has 0 aliphatic heterocycles. The van der Waals surface area contributed by atoms with Gasteiger partial charge in [-0.25, -0.2) is 8.42 Å². The molecule has 0 aliphatic rings. The number of aryl methyl sites for hydroxylation is 1. The van der Waals surface area contributed by atoms with Crippen LogP contribution in [0.5, 0.6) is 5.75 Å². The lowest BCUT2D eigenvalue weighted by molar-refractivity contribution is -0.139. The van der Waals surface area contributed by atoms with Crippen molar-refractivity contribution in [3.63, 3.8) is 0 Å². The lowest BCUT2D eigenvalue weighted by Gasteiger charge is -2.32. The molecule has 1 heterocycles. The zero-order valence-electron chi connectivity index (χ0n) is 21.6. The molecule has 1 aromatic carbocycles. The van der Waals surface area contributed by atoms with Gasteiger partial charge in [0.15, 0.2) is 0 Å². The summed E-state index contributed by atoms with van der Waals surface area (Å²) in [6.45, 7) is 10.1. The maximum Gasteiger partial charge on any atom is 0.320 e. The summed E-state index contributed by atoms with van der Waals surface area (Å²) in [6.07, 6.45) is 2.83. The third kappa shape index (κ3) is 7.06. The zero-order valence-corrected chi connectivity index (χ0v) is 23.2. The van der Waals surface area contributed by atoms with Crippen molar-refractivity contribution in [1.29, 1.82) is 0 Å². The summed E-state index contributed by atoms with van der Waals surface area (Å²) in [4.78, 5) is 12.3. The average molecular weight is 526 g/mol. The third-order valence-corrected chi connectivity index (χ3v) is 9.65. The van der Waals surface area contributed by atoms with E-state index in [1.54, 1.807) is 6.07 Å². The van der Waals surface area contributed by atoms with Gasteiger partial charge in [-0.3, -0.25) is 4.79 Å². The predicted molar refractivity (Wildman–Crippen MR) is 140 cm³/mol. The van der Waals surface area contributed by atoms with E-state index in [9.17, 15) is 18.3 Å². The smallest absolute Gasteiger partial charge is 0.320 e. The van der Waals surface area contributed by atoms with E-state index in [1.165, 1.54) is 18.4 Å². The van der Waals surface area contributed by atoms with Crippen LogP contribution in [0, 0.1) is 5.92 Å². The van der Waals surface area contributed by atoms with E-state index in [0.29, 0.717) is 0 Å². The molecule has 0 fully saturated rings. The highest BCUT2D eigenvalue weighted by Crippen LogP contribution is 2.44. The number of ether oxygens (including phenoxy) is 2. The van der Waals surface area contributed by atoms with Crippen LogP contribution in [0.15, 0.2) is 34.5 Å².